The van der Waals surface area contributed by atoms with E-state index in [-0.39, 0.29) is 12.5 Å². The van der Waals surface area contributed by atoms with Gasteiger partial charge in [-0.1, -0.05) is 249 Å². The molecule has 0 aliphatic rings. The van der Waals surface area contributed by atoms with Gasteiger partial charge >= 0.3 is 0 Å². The fourth-order valence-corrected chi connectivity index (χ4v) is 7.74. The maximum Gasteiger partial charge on any atom is 0.220 e. The number of rotatable bonds is 46. The van der Waals surface area contributed by atoms with Crippen LogP contribution in [0.3, 0.4) is 0 Å². The van der Waals surface area contributed by atoms with Gasteiger partial charge in [-0.05, 0) is 51.4 Å². The van der Waals surface area contributed by atoms with Crippen LogP contribution in [0, 0.1) is 0 Å². The molecule has 0 radical (unpaired) electrons. The lowest BCUT2D eigenvalue weighted by molar-refractivity contribution is -0.123. The van der Waals surface area contributed by atoms with Crippen molar-refractivity contribution in [3.63, 3.8) is 0 Å². The van der Waals surface area contributed by atoms with Crippen LogP contribution in [-0.2, 0) is 4.79 Å². The molecular formula is C52H99NO3. The van der Waals surface area contributed by atoms with Gasteiger partial charge in [-0.25, -0.2) is 0 Å². The van der Waals surface area contributed by atoms with Crippen molar-refractivity contribution < 1.29 is 15.0 Å². The molecule has 3 N–H and O–H groups in total. The molecule has 330 valence electrons. The number of hydrogen-bond donors (Lipinski definition) is 3. The van der Waals surface area contributed by atoms with Gasteiger partial charge in [-0.3, -0.25) is 4.79 Å². The first-order valence-corrected chi connectivity index (χ1v) is 25.2. The highest BCUT2D eigenvalue weighted by atomic mass is 16.3. The van der Waals surface area contributed by atoms with Crippen LogP contribution >= 0.6 is 0 Å². The van der Waals surface area contributed by atoms with E-state index in [0.29, 0.717) is 6.42 Å². The Hall–Kier alpha value is -1.39. The maximum absolute atomic E-state index is 12.4. The molecule has 0 bridgehead atoms. The summed E-state index contributed by atoms with van der Waals surface area (Å²) in [6.07, 6.45) is 64.3. The van der Waals surface area contributed by atoms with Gasteiger partial charge in [-0.2, -0.15) is 0 Å². The SMILES string of the molecule is CCCCCCC/C=C\C/C=C\CCCCCCCCCCCCCCCCCCCCCC(=O)NC(CO)C(O)/C=C/CCCCCCCCCCCCC. The van der Waals surface area contributed by atoms with Crippen LogP contribution < -0.4 is 5.32 Å². The van der Waals surface area contributed by atoms with E-state index in [1.54, 1.807) is 6.08 Å². The fourth-order valence-electron chi connectivity index (χ4n) is 7.74. The summed E-state index contributed by atoms with van der Waals surface area (Å²) in [7, 11) is 0. The number of aliphatic hydroxyl groups excluding tert-OH is 2. The number of aliphatic hydroxyl groups is 2. The van der Waals surface area contributed by atoms with Gasteiger partial charge in [0, 0.05) is 6.42 Å². The second kappa shape index (κ2) is 48.0. The topological polar surface area (TPSA) is 69.6 Å². The van der Waals surface area contributed by atoms with E-state index in [1.165, 1.54) is 218 Å². The van der Waals surface area contributed by atoms with E-state index in [2.05, 4.69) is 43.5 Å². The lowest BCUT2D eigenvalue weighted by Crippen LogP contribution is -2.45. The number of amides is 1. The highest BCUT2D eigenvalue weighted by molar-refractivity contribution is 5.76. The van der Waals surface area contributed by atoms with Crippen molar-refractivity contribution in [2.75, 3.05) is 6.61 Å². The Morgan fingerprint density at radius 2 is 0.732 bits per heavy atom. The molecule has 0 aromatic rings. The molecule has 0 rings (SSSR count). The van der Waals surface area contributed by atoms with Gasteiger partial charge in [0.1, 0.15) is 0 Å². The molecule has 2 unspecified atom stereocenters. The van der Waals surface area contributed by atoms with Crippen molar-refractivity contribution in [3.8, 4) is 0 Å². The molecule has 56 heavy (non-hydrogen) atoms. The van der Waals surface area contributed by atoms with E-state index in [4.69, 9.17) is 0 Å². The van der Waals surface area contributed by atoms with Gasteiger partial charge < -0.3 is 15.5 Å². The van der Waals surface area contributed by atoms with Gasteiger partial charge in [0.15, 0.2) is 0 Å². The third-order valence-corrected chi connectivity index (χ3v) is 11.6. The van der Waals surface area contributed by atoms with Crippen molar-refractivity contribution in [2.24, 2.45) is 0 Å². The van der Waals surface area contributed by atoms with E-state index in [9.17, 15) is 15.0 Å². The number of carbonyl (C=O) groups is 1. The Labute approximate surface area is 351 Å². The van der Waals surface area contributed by atoms with Gasteiger partial charge in [0.25, 0.3) is 0 Å². The highest BCUT2D eigenvalue weighted by Crippen LogP contribution is 2.16. The largest absolute Gasteiger partial charge is 0.394 e. The zero-order valence-electron chi connectivity index (χ0n) is 37.9. The molecule has 0 saturated carbocycles. The molecule has 0 aliphatic heterocycles. The van der Waals surface area contributed by atoms with E-state index in [1.807, 2.05) is 6.08 Å². The fraction of sp³-hybridized carbons (Fsp3) is 0.865. The molecule has 2 atom stereocenters. The van der Waals surface area contributed by atoms with E-state index >= 15 is 0 Å². The Morgan fingerprint density at radius 3 is 1.07 bits per heavy atom. The van der Waals surface area contributed by atoms with Crippen molar-refractivity contribution >= 4 is 5.91 Å². The molecule has 4 heteroatoms. The minimum Gasteiger partial charge on any atom is -0.394 e. The standard InChI is InChI=1S/C52H99NO3/c1-3-5-7-9-11-13-15-17-18-19-20-21-22-23-24-25-26-27-28-29-30-31-32-33-34-36-38-40-42-44-46-48-52(56)53-50(49-54)51(55)47-45-43-41-39-37-35-16-14-12-10-8-6-4-2/h15,17,19-20,45,47,50-51,54-55H,3-14,16,18,21-44,46,48-49H2,1-2H3,(H,53,56)/b17-15-,20-19-,47-45+. The second-order valence-electron chi connectivity index (χ2n) is 17.2. The molecule has 0 fully saturated rings. The Morgan fingerprint density at radius 1 is 0.429 bits per heavy atom. The molecule has 0 spiro atoms. The second-order valence-corrected chi connectivity index (χ2v) is 17.2. The van der Waals surface area contributed by atoms with Crippen LogP contribution in [-0.4, -0.2) is 34.9 Å². The van der Waals surface area contributed by atoms with E-state index < -0.39 is 12.1 Å². The molecule has 0 aliphatic carbocycles. The molecule has 0 aromatic heterocycles. The lowest BCUT2D eigenvalue weighted by atomic mass is 10.0. The summed E-state index contributed by atoms with van der Waals surface area (Å²) >= 11 is 0. The summed E-state index contributed by atoms with van der Waals surface area (Å²) in [5.41, 5.74) is 0. The predicted molar refractivity (Wildman–Crippen MR) is 248 cm³/mol. The molecule has 0 saturated heterocycles. The first-order valence-electron chi connectivity index (χ1n) is 25.2. The summed E-state index contributed by atoms with van der Waals surface area (Å²) in [4.78, 5) is 12.4. The zero-order valence-corrected chi connectivity index (χ0v) is 37.9. The highest BCUT2D eigenvalue weighted by Gasteiger charge is 2.18. The van der Waals surface area contributed by atoms with Gasteiger partial charge in [0.05, 0.1) is 18.8 Å². The van der Waals surface area contributed by atoms with Crippen molar-refractivity contribution in [3.05, 3.63) is 36.5 Å². The van der Waals surface area contributed by atoms with Crippen molar-refractivity contribution in [1.82, 2.24) is 5.32 Å². The number of hydrogen-bond acceptors (Lipinski definition) is 3. The Kier molecular flexibility index (Phi) is 46.8. The average Bonchev–Trinajstić information content (AvgIpc) is 3.20. The molecule has 1 amide bonds. The molecule has 0 heterocycles. The van der Waals surface area contributed by atoms with Gasteiger partial charge in [0.2, 0.25) is 5.91 Å². The average molecular weight is 786 g/mol. The molecule has 0 aromatic carbocycles. The normalized spacial score (nSPS) is 13.1. The minimum absolute atomic E-state index is 0.0613. The molecule has 4 nitrogen and oxygen atoms in total. The van der Waals surface area contributed by atoms with Crippen LogP contribution in [0.1, 0.15) is 271 Å². The van der Waals surface area contributed by atoms with Crippen LogP contribution in [0.5, 0.6) is 0 Å². The van der Waals surface area contributed by atoms with Crippen LogP contribution in [0.15, 0.2) is 36.5 Å². The summed E-state index contributed by atoms with van der Waals surface area (Å²) in [6, 6.07) is -0.619. The first-order chi connectivity index (χ1) is 27.7. The van der Waals surface area contributed by atoms with E-state index in [0.717, 1.165) is 32.1 Å². The number of carbonyl (C=O) groups excluding carboxylic acids is 1. The van der Waals surface area contributed by atoms with Crippen molar-refractivity contribution in [1.29, 1.82) is 0 Å². The maximum atomic E-state index is 12.4. The Balaban J connectivity index is 3.44. The first kappa shape index (κ1) is 54.6. The summed E-state index contributed by atoms with van der Waals surface area (Å²) in [6.45, 7) is 4.31. The lowest BCUT2D eigenvalue weighted by Gasteiger charge is -2.20. The number of unbranched alkanes of at least 4 members (excludes halogenated alkanes) is 35. The number of nitrogens with one attached hydrogen (secondary N) is 1. The van der Waals surface area contributed by atoms with Crippen molar-refractivity contribution in [2.45, 2.75) is 283 Å². The van der Waals surface area contributed by atoms with Gasteiger partial charge in [-0.15, -0.1) is 0 Å². The van der Waals surface area contributed by atoms with Crippen LogP contribution in [0.2, 0.25) is 0 Å². The van der Waals surface area contributed by atoms with Crippen LogP contribution in [0.25, 0.3) is 0 Å². The number of allylic oxidation sites excluding steroid dienone is 5. The molecular weight excluding hydrogens is 687 g/mol. The smallest absolute Gasteiger partial charge is 0.220 e. The summed E-state index contributed by atoms with van der Waals surface area (Å²) in [5.74, 6) is -0.0613. The third kappa shape index (κ3) is 43.7. The third-order valence-electron chi connectivity index (χ3n) is 11.6. The van der Waals surface area contributed by atoms with Crippen LogP contribution in [0.4, 0.5) is 0 Å². The monoisotopic (exact) mass is 786 g/mol. The Bertz CT molecular complexity index is 851. The quantitative estimate of drug-likeness (QED) is 0.0425. The predicted octanol–water partition coefficient (Wildman–Crippen LogP) is 16.1. The zero-order chi connectivity index (χ0) is 40.7. The summed E-state index contributed by atoms with van der Waals surface area (Å²) < 4.78 is 0. The summed E-state index contributed by atoms with van der Waals surface area (Å²) in [5, 5.41) is 23.0. The minimum atomic E-state index is -0.836.